The van der Waals surface area contributed by atoms with Gasteiger partial charge in [-0.2, -0.15) is 0 Å². The maximum absolute atomic E-state index is 4.85. The minimum atomic E-state index is 0.803. The van der Waals surface area contributed by atoms with E-state index in [2.05, 4.69) is 85.6 Å². The third-order valence-electron chi connectivity index (χ3n) is 7.49. The van der Waals surface area contributed by atoms with Crippen LogP contribution in [0.1, 0.15) is 0 Å². The van der Waals surface area contributed by atoms with Crippen LogP contribution in [0.2, 0.25) is 0 Å². The highest BCUT2D eigenvalue weighted by molar-refractivity contribution is 5.83. The fourth-order valence-electron chi connectivity index (χ4n) is 5.57. The second-order valence-corrected chi connectivity index (χ2v) is 9.93. The Morgan fingerprint density at radius 1 is 0.550 bits per heavy atom. The van der Waals surface area contributed by atoms with E-state index in [1.54, 1.807) is 0 Å². The Morgan fingerprint density at radius 3 is 1.77 bits per heavy atom. The Hall–Kier alpha value is -5.43. The van der Waals surface area contributed by atoms with E-state index in [4.69, 9.17) is 15.0 Å². The molecule has 7 nitrogen and oxygen atoms in total. The Balaban J connectivity index is 1.14. The summed E-state index contributed by atoms with van der Waals surface area (Å²) >= 11 is 0. The highest BCUT2D eigenvalue weighted by Crippen LogP contribution is 2.41. The average Bonchev–Trinajstić information content (AvgIpc) is 3.66. The topological polar surface area (TPSA) is 54.0 Å². The second-order valence-electron chi connectivity index (χ2n) is 9.93. The Labute approximate surface area is 231 Å². The zero-order valence-electron chi connectivity index (χ0n) is 21.7. The number of hydrogen-bond acceptors (Lipinski definition) is 5. The van der Waals surface area contributed by atoms with Crippen LogP contribution in [0, 0.1) is 0 Å². The fraction of sp³-hybridized carbons (Fsp3) is 0.0606. The van der Waals surface area contributed by atoms with Gasteiger partial charge in [0.1, 0.15) is 11.3 Å². The molecule has 6 heterocycles. The van der Waals surface area contributed by atoms with Crippen LogP contribution in [0.5, 0.6) is 0 Å². The number of hydrogen-bond donors (Lipinski definition) is 0. The summed E-state index contributed by atoms with van der Waals surface area (Å²) in [5.74, 6) is 0.944. The SMILES string of the molecule is c1cc(-c2cn3ccccc3n2)cc(N2CCN(c3cccc(-c4cn5ccccc5n4)c3)c3ncccc32)c1. The van der Waals surface area contributed by atoms with E-state index in [1.807, 2.05) is 61.1 Å². The van der Waals surface area contributed by atoms with E-state index in [0.717, 1.165) is 69.8 Å². The molecule has 0 fully saturated rings. The number of nitrogens with zero attached hydrogens (tertiary/aromatic N) is 7. The summed E-state index contributed by atoms with van der Waals surface area (Å²) in [4.78, 5) is 19.2. The van der Waals surface area contributed by atoms with Crippen molar-refractivity contribution in [1.29, 1.82) is 0 Å². The molecule has 0 saturated heterocycles. The Morgan fingerprint density at radius 2 is 1.15 bits per heavy atom. The molecule has 0 saturated carbocycles. The van der Waals surface area contributed by atoms with Crippen LogP contribution in [0.3, 0.4) is 0 Å². The average molecular weight is 520 g/mol. The first-order valence-electron chi connectivity index (χ1n) is 13.4. The minimum absolute atomic E-state index is 0.803. The molecule has 192 valence electrons. The molecule has 40 heavy (non-hydrogen) atoms. The predicted molar refractivity (Wildman–Crippen MR) is 160 cm³/mol. The van der Waals surface area contributed by atoms with Gasteiger partial charge >= 0.3 is 0 Å². The molecule has 8 rings (SSSR count). The fourth-order valence-corrected chi connectivity index (χ4v) is 5.57. The van der Waals surface area contributed by atoms with E-state index >= 15 is 0 Å². The number of benzene rings is 2. The lowest BCUT2D eigenvalue weighted by Crippen LogP contribution is -2.36. The van der Waals surface area contributed by atoms with Crippen LogP contribution >= 0.6 is 0 Å². The number of fused-ring (bicyclic) bond motifs is 3. The van der Waals surface area contributed by atoms with Gasteiger partial charge in [0.2, 0.25) is 0 Å². The van der Waals surface area contributed by atoms with Crippen molar-refractivity contribution >= 4 is 34.2 Å². The van der Waals surface area contributed by atoms with E-state index in [1.165, 1.54) is 0 Å². The molecule has 1 aliphatic heterocycles. The van der Waals surface area contributed by atoms with Crippen molar-refractivity contribution in [2.45, 2.75) is 0 Å². The minimum Gasteiger partial charge on any atom is -0.337 e. The summed E-state index contributed by atoms with van der Waals surface area (Å²) in [7, 11) is 0. The molecule has 0 radical (unpaired) electrons. The summed E-state index contributed by atoms with van der Waals surface area (Å²) in [6.07, 6.45) is 10.1. The number of anilines is 4. The van der Waals surface area contributed by atoms with E-state index in [-0.39, 0.29) is 0 Å². The number of imidazole rings is 2. The summed E-state index contributed by atoms with van der Waals surface area (Å²) < 4.78 is 4.11. The van der Waals surface area contributed by atoms with Gasteiger partial charge in [-0.3, -0.25) is 0 Å². The second kappa shape index (κ2) is 9.10. The zero-order valence-corrected chi connectivity index (χ0v) is 21.7. The first kappa shape index (κ1) is 22.5. The quantitative estimate of drug-likeness (QED) is 0.251. The van der Waals surface area contributed by atoms with Crippen LogP contribution in [-0.2, 0) is 0 Å². The lowest BCUT2D eigenvalue weighted by Gasteiger charge is -2.38. The molecule has 0 unspecified atom stereocenters. The van der Waals surface area contributed by atoms with Gasteiger partial charge in [0.25, 0.3) is 0 Å². The van der Waals surface area contributed by atoms with Crippen LogP contribution < -0.4 is 9.80 Å². The molecular formula is C33H25N7. The van der Waals surface area contributed by atoms with Crippen LogP contribution in [0.25, 0.3) is 33.8 Å². The first-order valence-corrected chi connectivity index (χ1v) is 13.4. The standard InChI is InChI=1S/C33H25N7/c1-3-16-37-22-28(35-31(37)13-1)24-8-5-10-26(20-24)39-18-19-40(33-30(39)12-7-15-34-33)27-11-6-9-25(21-27)29-23-38-17-4-2-14-32(38)36-29/h1-17,20-23H,18-19H2. The van der Waals surface area contributed by atoms with E-state index in [0.29, 0.717) is 0 Å². The molecule has 7 heteroatoms. The van der Waals surface area contributed by atoms with Crippen molar-refractivity contribution in [1.82, 2.24) is 23.8 Å². The molecule has 5 aromatic heterocycles. The number of pyridine rings is 3. The van der Waals surface area contributed by atoms with Gasteiger partial charge in [-0.15, -0.1) is 0 Å². The predicted octanol–water partition coefficient (Wildman–Crippen LogP) is 7.00. The molecule has 2 aromatic carbocycles. The smallest absolute Gasteiger partial charge is 0.157 e. The summed E-state index contributed by atoms with van der Waals surface area (Å²) in [6, 6.07) is 33.5. The lowest BCUT2D eigenvalue weighted by atomic mass is 10.1. The van der Waals surface area contributed by atoms with Gasteiger partial charge < -0.3 is 18.6 Å². The molecule has 0 N–H and O–H groups in total. The number of aromatic nitrogens is 5. The van der Waals surface area contributed by atoms with Crippen molar-refractivity contribution in [3.63, 3.8) is 0 Å². The van der Waals surface area contributed by atoms with Crippen LogP contribution in [0.15, 0.2) is 128 Å². The van der Waals surface area contributed by atoms with Crippen LogP contribution in [0.4, 0.5) is 22.9 Å². The largest absolute Gasteiger partial charge is 0.337 e. The Kier molecular flexibility index (Phi) is 5.13. The van der Waals surface area contributed by atoms with Gasteiger partial charge in [-0.1, -0.05) is 36.4 Å². The normalized spacial score (nSPS) is 13.2. The van der Waals surface area contributed by atoms with Crippen molar-refractivity contribution in [3.05, 3.63) is 128 Å². The van der Waals surface area contributed by atoms with Gasteiger partial charge in [0.15, 0.2) is 5.82 Å². The molecule has 0 atom stereocenters. The van der Waals surface area contributed by atoms with Gasteiger partial charge in [0.05, 0.1) is 17.1 Å². The summed E-state index contributed by atoms with van der Waals surface area (Å²) in [5.41, 5.74) is 9.29. The Bertz CT molecular complexity index is 1790. The first-order chi connectivity index (χ1) is 19.8. The highest BCUT2D eigenvalue weighted by atomic mass is 15.3. The van der Waals surface area contributed by atoms with Gasteiger partial charge in [-0.05, 0) is 60.7 Å². The summed E-state index contributed by atoms with van der Waals surface area (Å²) in [5, 5.41) is 0. The van der Waals surface area contributed by atoms with Crippen molar-refractivity contribution < 1.29 is 0 Å². The molecule has 0 bridgehead atoms. The van der Waals surface area contributed by atoms with Gasteiger partial charge in [0, 0.05) is 66.6 Å². The zero-order chi connectivity index (χ0) is 26.5. The van der Waals surface area contributed by atoms with Crippen molar-refractivity contribution in [3.8, 4) is 22.5 Å². The molecule has 1 aliphatic rings. The molecule has 0 amide bonds. The summed E-state index contributed by atoms with van der Waals surface area (Å²) in [6.45, 7) is 1.63. The van der Waals surface area contributed by atoms with Crippen LogP contribution in [-0.4, -0.2) is 36.8 Å². The maximum Gasteiger partial charge on any atom is 0.157 e. The molecule has 0 spiro atoms. The lowest BCUT2D eigenvalue weighted by molar-refractivity contribution is 0.833. The molecular weight excluding hydrogens is 494 g/mol. The van der Waals surface area contributed by atoms with Gasteiger partial charge in [-0.25, -0.2) is 15.0 Å². The molecule has 7 aromatic rings. The number of rotatable bonds is 4. The maximum atomic E-state index is 4.85. The third kappa shape index (κ3) is 3.79. The molecule has 0 aliphatic carbocycles. The van der Waals surface area contributed by atoms with Crippen molar-refractivity contribution in [2.75, 3.05) is 22.9 Å². The third-order valence-corrected chi connectivity index (χ3v) is 7.49. The monoisotopic (exact) mass is 519 g/mol. The van der Waals surface area contributed by atoms with E-state index in [9.17, 15) is 0 Å². The van der Waals surface area contributed by atoms with E-state index < -0.39 is 0 Å². The highest BCUT2D eigenvalue weighted by Gasteiger charge is 2.26. The van der Waals surface area contributed by atoms with Crippen molar-refractivity contribution in [2.24, 2.45) is 0 Å².